The van der Waals surface area contributed by atoms with Crippen molar-refractivity contribution < 1.29 is 5.21 Å². The number of rotatable bonds is 7. The molecule has 0 atom stereocenters. The van der Waals surface area contributed by atoms with Crippen LogP contribution in [0.15, 0.2) is 5.16 Å². The number of unbranched alkanes of at least 4 members (excludes halogenated alkanes) is 2. The molecule has 4 nitrogen and oxygen atoms in total. The maximum atomic E-state index is 8.42. The zero-order valence-corrected chi connectivity index (χ0v) is 13.1. The third kappa shape index (κ3) is 11.0. The first-order valence-electron chi connectivity index (χ1n) is 7.91. The van der Waals surface area contributed by atoms with Crippen LogP contribution < -0.4 is 5.32 Å². The van der Waals surface area contributed by atoms with E-state index in [9.17, 15) is 0 Å². The number of oxime groups is 1. The maximum Gasteiger partial charge on any atom is 0.0596 e. The molecule has 0 saturated carbocycles. The predicted molar refractivity (Wildman–Crippen MR) is 83.3 cm³/mol. The van der Waals surface area contributed by atoms with Crippen molar-refractivity contribution >= 4 is 5.71 Å². The zero-order valence-electron chi connectivity index (χ0n) is 13.1. The van der Waals surface area contributed by atoms with E-state index >= 15 is 0 Å². The van der Waals surface area contributed by atoms with Gasteiger partial charge < -0.3 is 15.4 Å². The Morgan fingerprint density at radius 1 is 1.05 bits per heavy atom. The van der Waals surface area contributed by atoms with E-state index < -0.39 is 0 Å². The summed E-state index contributed by atoms with van der Waals surface area (Å²) >= 11 is 0. The molecule has 2 N–H and O–H groups in total. The number of nitrogens with one attached hydrogen (secondary N) is 1. The lowest BCUT2D eigenvalue weighted by Crippen LogP contribution is -2.33. The lowest BCUT2D eigenvalue weighted by atomic mass is 10.1. The van der Waals surface area contributed by atoms with E-state index in [1.807, 2.05) is 0 Å². The van der Waals surface area contributed by atoms with E-state index in [0.29, 0.717) is 0 Å². The number of nitrogens with zero attached hydrogens (tertiary/aromatic N) is 2. The Morgan fingerprint density at radius 2 is 1.58 bits per heavy atom. The number of likely N-dealkylation sites (tertiary alicyclic amines) is 1. The molecule has 4 heteroatoms. The van der Waals surface area contributed by atoms with Crippen molar-refractivity contribution in [2.24, 2.45) is 5.16 Å². The van der Waals surface area contributed by atoms with Gasteiger partial charge in [0, 0.05) is 25.9 Å². The second kappa shape index (κ2) is 13.8. The molecule has 1 aliphatic rings. The van der Waals surface area contributed by atoms with Gasteiger partial charge in [0.15, 0.2) is 0 Å². The second-order valence-electron chi connectivity index (χ2n) is 5.06. The van der Waals surface area contributed by atoms with Gasteiger partial charge in [-0.25, -0.2) is 0 Å². The van der Waals surface area contributed by atoms with Crippen LogP contribution in [0.3, 0.4) is 0 Å². The second-order valence-corrected chi connectivity index (χ2v) is 5.06. The van der Waals surface area contributed by atoms with E-state index in [4.69, 9.17) is 5.21 Å². The van der Waals surface area contributed by atoms with Crippen LogP contribution in [0.1, 0.15) is 59.3 Å². The summed E-state index contributed by atoms with van der Waals surface area (Å²) in [6.07, 6.45) is 7.13. The van der Waals surface area contributed by atoms with Gasteiger partial charge in [-0.05, 0) is 32.5 Å². The Kier molecular flexibility index (Phi) is 13.4. The molecule has 0 aromatic carbocycles. The fourth-order valence-corrected chi connectivity index (χ4v) is 1.96. The summed E-state index contributed by atoms with van der Waals surface area (Å²) in [6, 6.07) is 0. The van der Waals surface area contributed by atoms with E-state index in [1.165, 1.54) is 38.8 Å². The summed E-state index contributed by atoms with van der Waals surface area (Å²) < 4.78 is 0. The molecule has 0 bridgehead atoms. The van der Waals surface area contributed by atoms with E-state index in [-0.39, 0.29) is 0 Å². The minimum Gasteiger partial charge on any atom is -0.411 e. The number of piperidine rings is 1. The van der Waals surface area contributed by atoms with E-state index in [1.54, 1.807) is 0 Å². The van der Waals surface area contributed by atoms with Crippen LogP contribution in [0.2, 0.25) is 0 Å². The van der Waals surface area contributed by atoms with Crippen molar-refractivity contribution in [3.63, 3.8) is 0 Å². The molecule has 0 aromatic rings. The summed E-state index contributed by atoms with van der Waals surface area (Å²) in [5.74, 6) is 0. The number of hydrogen-bond donors (Lipinski definition) is 2. The van der Waals surface area contributed by atoms with Crippen LogP contribution in [-0.2, 0) is 0 Å². The van der Waals surface area contributed by atoms with Gasteiger partial charge in [0.2, 0.25) is 0 Å². The molecule has 1 rings (SSSR count). The first-order valence-corrected chi connectivity index (χ1v) is 7.91. The third-order valence-corrected chi connectivity index (χ3v) is 3.44. The molecule has 0 spiro atoms. The lowest BCUT2D eigenvalue weighted by molar-refractivity contribution is 0.274. The van der Waals surface area contributed by atoms with Crippen LogP contribution in [0, 0.1) is 0 Å². The summed E-state index contributed by atoms with van der Waals surface area (Å²) in [5.41, 5.74) is 0.949. The van der Waals surface area contributed by atoms with Gasteiger partial charge in [-0.1, -0.05) is 38.8 Å². The van der Waals surface area contributed by atoms with Crippen molar-refractivity contribution in [2.75, 3.05) is 32.7 Å². The van der Waals surface area contributed by atoms with Crippen LogP contribution in [0.5, 0.6) is 0 Å². The van der Waals surface area contributed by atoms with Crippen molar-refractivity contribution in [3.8, 4) is 0 Å². The normalized spacial score (nSPS) is 15.8. The molecular formula is C15H33N3O. The van der Waals surface area contributed by atoms with Crippen molar-refractivity contribution in [3.05, 3.63) is 0 Å². The van der Waals surface area contributed by atoms with Crippen LogP contribution in [0.25, 0.3) is 0 Å². The minimum absolute atomic E-state index is 0.935. The van der Waals surface area contributed by atoms with Gasteiger partial charge in [-0.3, -0.25) is 0 Å². The molecular weight excluding hydrogens is 238 g/mol. The molecule has 0 unspecified atom stereocenters. The van der Waals surface area contributed by atoms with Gasteiger partial charge in [-0.15, -0.1) is 0 Å². The molecule has 0 amide bonds. The largest absolute Gasteiger partial charge is 0.411 e. The highest BCUT2D eigenvalue weighted by atomic mass is 16.4. The van der Waals surface area contributed by atoms with Crippen molar-refractivity contribution in [1.29, 1.82) is 0 Å². The van der Waals surface area contributed by atoms with Crippen molar-refractivity contribution in [1.82, 2.24) is 10.2 Å². The van der Waals surface area contributed by atoms with Gasteiger partial charge in [0.25, 0.3) is 0 Å². The molecule has 1 heterocycles. The highest BCUT2D eigenvalue weighted by Crippen LogP contribution is 2.05. The summed E-state index contributed by atoms with van der Waals surface area (Å²) in [6.45, 7) is 12.2. The fourth-order valence-electron chi connectivity index (χ4n) is 1.96. The van der Waals surface area contributed by atoms with Crippen LogP contribution in [0.4, 0.5) is 0 Å². The lowest BCUT2D eigenvalue weighted by Gasteiger charge is -2.24. The van der Waals surface area contributed by atoms with Crippen LogP contribution >= 0.6 is 0 Å². The quantitative estimate of drug-likeness (QED) is 0.425. The molecule has 19 heavy (non-hydrogen) atoms. The Morgan fingerprint density at radius 3 is 1.95 bits per heavy atom. The smallest absolute Gasteiger partial charge is 0.0596 e. The fraction of sp³-hybridized carbons (Fsp3) is 0.933. The van der Waals surface area contributed by atoms with Gasteiger partial charge in [0.1, 0.15) is 0 Å². The molecule has 1 saturated heterocycles. The highest BCUT2D eigenvalue weighted by molar-refractivity contribution is 5.84. The molecule has 0 aromatic heterocycles. The Bertz CT molecular complexity index is 203. The maximum absolute atomic E-state index is 8.42. The van der Waals surface area contributed by atoms with Crippen molar-refractivity contribution in [2.45, 2.75) is 59.3 Å². The SMILES string of the molecule is CCCCNCCCC.CCN1CCC(=NO)CC1. The average molecular weight is 271 g/mol. The molecule has 1 fully saturated rings. The third-order valence-electron chi connectivity index (χ3n) is 3.44. The predicted octanol–water partition coefficient (Wildman–Crippen LogP) is 3.11. The monoisotopic (exact) mass is 271 g/mol. The Hall–Kier alpha value is -0.610. The topological polar surface area (TPSA) is 47.9 Å². The Balaban J connectivity index is 0.000000344. The average Bonchev–Trinajstić information content (AvgIpc) is 2.48. The number of hydrogen-bond acceptors (Lipinski definition) is 4. The first-order chi connectivity index (χ1) is 9.28. The molecule has 0 aliphatic carbocycles. The standard InChI is InChI=1S/C8H19N.C7H14N2O/c1-3-5-7-9-8-6-4-2;1-2-9-5-3-7(8-10)4-6-9/h9H,3-8H2,1-2H3;10H,2-6H2,1H3. The Labute approximate surface area is 119 Å². The first kappa shape index (κ1) is 18.4. The molecule has 0 radical (unpaired) electrons. The van der Waals surface area contributed by atoms with E-state index in [0.717, 1.165) is 38.2 Å². The summed E-state index contributed by atoms with van der Waals surface area (Å²) in [7, 11) is 0. The van der Waals surface area contributed by atoms with E-state index in [2.05, 4.69) is 36.1 Å². The van der Waals surface area contributed by atoms with Gasteiger partial charge >= 0.3 is 0 Å². The summed E-state index contributed by atoms with van der Waals surface area (Å²) in [4.78, 5) is 2.36. The zero-order chi connectivity index (χ0) is 14.3. The van der Waals surface area contributed by atoms with Gasteiger partial charge in [-0.2, -0.15) is 0 Å². The van der Waals surface area contributed by atoms with Crippen LogP contribution in [-0.4, -0.2) is 48.5 Å². The summed E-state index contributed by atoms with van der Waals surface area (Å²) in [5, 5.41) is 15.0. The minimum atomic E-state index is 0.935. The molecule has 114 valence electrons. The highest BCUT2D eigenvalue weighted by Gasteiger charge is 2.12. The molecule has 1 aliphatic heterocycles. The van der Waals surface area contributed by atoms with Gasteiger partial charge in [0.05, 0.1) is 5.71 Å².